The number of nitrogens with two attached hydrogens (primary N) is 2. The summed E-state index contributed by atoms with van der Waals surface area (Å²) in [4.78, 5) is 0. The normalized spacial score (nSPS) is 12.6. The lowest BCUT2D eigenvalue weighted by Gasteiger charge is -2.13. The molecule has 1 atom stereocenters. The van der Waals surface area contributed by atoms with Crippen molar-refractivity contribution in [1.29, 1.82) is 0 Å². The molecule has 0 aromatic heterocycles. The first-order valence-corrected chi connectivity index (χ1v) is 4.77. The maximum absolute atomic E-state index is 5.81. The first-order valence-electron chi connectivity index (χ1n) is 3.98. The summed E-state index contributed by atoms with van der Waals surface area (Å²) in [6.45, 7) is 0.410. The summed E-state index contributed by atoms with van der Waals surface area (Å²) < 4.78 is 6.15. The molecular weight excluding hydrogens is 232 g/mol. The van der Waals surface area contributed by atoms with Crippen LogP contribution in [0.4, 0.5) is 0 Å². The quantitative estimate of drug-likeness (QED) is 0.846. The van der Waals surface area contributed by atoms with Crippen LogP contribution in [0.1, 0.15) is 11.6 Å². The second-order valence-electron chi connectivity index (χ2n) is 2.73. The molecule has 1 aromatic rings. The first-order chi connectivity index (χ1) is 6.19. The molecule has 1 rings (SSSR count). The molecule has 0 unspecified atom stereocenters. The molecule has 4 N–H and O–H groups in total. The van der Waals surface area contributed by atoms with Crippen LogP contribution in [0.2, 0.25) is 0 Å². The van der Waals surface area contributed by atoms with E-state index in [4.69, 9.17) is 16.2 Å². The van der Waals surface area contributed by atoms with Crippen LogP contribution < -0.4 is 16.2 Å². The SMILES string of the molecule is COc1ccc(Br)cc1[C@H](N)CN. The minimum absolute atomic E-state index is 0.174. The zero-order chi connectivity index (χ0) is 9.84. The van der Waals surface area contributed by atoms with Crippen LogP contribution in [-0.4, -0.2) is 13.7 Å². The number of methoxy groups -OCH3 is 1. The van der Waals surface area contributed by atoms with Crippen LogP contribution in [0.15, 0.2) is 22.7 Å². The smallest absolute Gasteiger partial charge is 0.123 e. The van der Waals surface area contributed by atoms with Gasteiger partial charge in [0.1, 0.15) is 5.75 Å². The molecule has 0 saturated carbocycles. The van der Waals surface area contributed by atoms with E-state index in [-0.39, 0.29) is 6.04 Å². The zero-order valence-corrected chi connectivity index (χ0v) is 9.04. The topological polar surface area (TPSA) is 61.3 Å². The Balaban J connectivity index is 3.07. The van der Waals surface area contributed by atoms with Gasteiger partial charge in [0, 0.05) is 22.6 Å². The standard InChI is InChI=1S/C9H13BrN2O/c1-13-9-3-2-6(10)4-7(9)8(12)5-11/h2-4,8H,5,11-12H2,1H3/t8-/m1/s1. The van der Waals surface area contributed by atoms with Crippen LogP contribution in [0.3, 0.4) is 0 Å². The Morgan fingerprint density at radius 3 is 2.77 bits per heavy atom. The molecule has 0 bridgehead atoms. The Hall–Kier alpha value is -0.580. The van der Waals surface area contributed by atoms with Gasteiger partial charge in [0.25, 0.3) is 0 Å². The summed E-state index contributed by atoms with van der Waals surface area (Å²) in [5, 5.41) is 0. The van der Waals surface area contributed by atoms with Gasteiger partial charge in [-0.2, -0.15) is 0 Å². The van der Waals surface area contributed by atoms with Gasteiger partial charge < -0.3 is 16.2 Å². The first kappa shape index (κ1) is 10.5. The number of halogens is 1. The van der Waals surface area contributed by atoms with Crippen LogP contribution in [0.25, 0.3) is 0 Å². The van der Waals surface area contributed by atoms with E-state index in [0.29, 0.717) is 6.54 Å². The second kappa shape index (κ2) is 4.60. The molecule has 0 aliphatic heterocycles. The molecule has 0 aliphatic carbocycles. The van der Waals surface area contributed by atoms with Gasteiger partial charge in [0.05, 0.1) is 7.11 Å². The highest BCUT2D eigenvalue weighted by Gasteiger charge is 2.10. The minimum atomic E-state index is -0.174. The number of hydrogen-bond acceptors (Lipinski definition) is 3. The Kier molecular flexibility index (Phi) is 3.71. The average Bonchev–Trinajstić information content (AvgIpc) is 2.16. The fourth-order valence-corrected chi connectivity index (χ4v) is 1.50. The van der Waals surface area contributed by atoms with Crippen molar-refractivity contribution in [2.24, 2.45) is 11.5 Å². The number of hydrogen-bond donors (Lipinski definition) is 2. The Morgan fingerprint density at radius 1 is 1.54 bits per heavy atom. The van der Waals surface area contributed by atoms with E-state index in [2.05, 4.69) is 15.9 Å². The molecule has 72 valence electrons. The van der Waals surface area contributed by atoms with E-state index in [1.165, 1.54) is 0 Å². The van der Waals surface area contributed by atoms with Gasteiger partial charge in [0.15, 0.2) is 0 Å². The van der Waals surface area contributed by atoms with Crippen molar-refractivity contribution in [2.75, 3.05) is 13.7 Å². The van der Waals surface area contributed by atoms with Crippen molar-refractivity contribution in [3.8, 4) is 5.75 Å². The largest absolute Gasteiger partial charge is 0.496 e. The fraction of sp³-hybridized carbons (Fsp3) is 0.333. The van der Waals surface area contributed by atoms with Gasteiger partial charge >= 0.3 is 0 Å². The lowest BCUT2D eigenvalue weighted by Crippen LogP contribution is -2.21. The van der Waals surface area contributed by atoms with E-state index in [1.807, 2.05) is 18.2 Å². The maximum atomic E-state index is 5.81. The van der Waals surface area contributed by atoms with E-state index in [0.717, 1.165) is 15.8 Å². The third kappa shape index (κ3) is 2.43. The summed E-state index contributed by atoms with van der Waals surface area (Å²) in [7, 11) is 1.62. The van der Waals surface area contributed by atoms with Gasteiger partial charge in [0.2, 0.25) is 0 Å². The lowest BCUT2D eigenvalue weighted by atomic mass is 10.1. The van der Waals surface area contributed by atoms with E-state index < -0.39 is 0 Å². The van der Waals surface area contributed by atoms with E-state index >= 15 is 0 Å². The zero-order valence-electron chi connectivity index (χ0n) is 7.46. The highest BCUT2D eigenvalue weighted by molar-refractivity contribution is 9.10. The predicted octanol–water partition coefficient (Wildman–Crippen LogP) is 1.42. The van der Waals surface area contributed by atoms with Crippen molar-refractivity contribution in [1.82, 2.24) is 0 Å². The fourth-order valence-electron chi connectivity index (χ4n) is 1.12. The summed E-state index contributed by atoms with van der Waals surface area (Å²) in [5.41, 5.74) is 12.2. The minimum Gasteiger partial charge on any atom is -0.496 e. The summed E-state index contributed by atoms with van der Waals surface area (Å²) in [5.74, 6) is 0.779. The molecule has 3 nitrogen and oxygen atoms in total. The second-order valence-corrected chi connectivity index (χ2v) is 3.64. The van der Waals surface area contributed by atoms with Crippen LogP contribution in [-0.2, 0) is 0 Å². The van der Waals surface area contributed by atoms with E-state index in [1.54, 1.807) is 7.11 Å². The molecule has 0 spiro atoms. The third-order valence-electron chi connectivity index (χ3n) is 1.85. The molecule has 0 heterocycles. The molecule has 13 heavy (non-hydrogen) atoms. The molecular formula is C9H13BrN2O. The number of rotatable bonds is 3. The van der Waals surface area contributed by atoms with Crippen molar-refractivity contribution in [3.63, 3.8) is 0 Å². The van der Waals surface area contributed by atoms with Gasteiger partial charge in [-0.3, -0.25) is 0 Å². The molecule has 0 radical (unpaired) electrons. The molecule has 0 aliphatic rings. The summed E-state index contributed by atoms with van der Waals surface area (Å²) in [6, 6.07) is 5.53. The molecule has 0 fully saturated rings. The van der Waals surface area contributed by atoms with Crippen LogP contribution >= 0.6 is 15.9 Å². The predicted molar refractivity (Wildman–Crippen MR) is 56.7 cm³/mol. The maximum Gasteiger partial charge on any atom is 0.123 e. The van der Waals surface area contributed by atoms with Crippen molar-refractivity contribution in [2.45, 2.75) is 6.04 Å². The van der Waals surface area contributed by atoms with Crippen LogP contribution in [0, 0.1) is 0 Å². The van der Waals surface area contributed by atoms with Gasteiger partial charge in [-0.25, -0.2) is 0 Å². The Bertz CT molecular complexity index is 291. The number of benzene rings is 1. The van der Waals surface area contributed by atoms with Crippen molar-refractivity contribution >= 4 is 15.9 Å². The van der Waals surface area contributed by atoms with Gasteiger partial charge in [-0.05, 0) is 18.2 Å². The van der Waals surface area contributed by atoms with Gasteiger partial charge in [-0.15, -0.1) is 0 Å². The molecule has 1 aromatic carbocycles. The third-order valence-corrected chi connectivity index (χ3v) is 2.34. The van der Waals surface area contributed by atoms with Crippen molar-refractivity contribution in [3.05, 3.63) is 28.2 Å². The lowest BCUT2D eigenvalue weighted by molar-refractivity contribution is 0.406. The Morgan fingerprint density at radius 2 is 2.23 bits per heavy atom. The monoisotopic (exact) mass is 244 g/mol. The molecule has 0 saturated heterocycles. The highest BCUT2D eigenvalue weighted by Crippen LogP contribution is 2.26. The number of ether oxygens (including phenoxy) is 1. The highest BCUT2D eigenvalue weighted by atomic mass is 79.9. The van der Waals surface area contributed by atoms with Gasteiger partial charge in [-0.1, -0.05) is 15.9 Å². The summed E-state index contributed by atoms with van der Waals surface area (Å²) in [6.07, 6.45) is 0. The van der Waals surface area contributed by atoms with Crippen molar-refractivity contribution < 1.29 is 4.74 Å². The van der Waals surface area contributed by atoms with Crippen LogP contribution in [0.5, 0.6) is 5.75 Å². The molecule has 0 amide bonds. The summed E-state index contributed by atoms with van der Waals surface area (Å²) >= 11 is 3.37. The Labute approximate surface area is 86.2 Å². The van der Waals surface area contributed by atoms with E-state index in [9.17, 15) is 0 Å². The molecule has 4 heteroatoms. The average molecular weight is 245 g/mol.